The maximum absolute atomic E-state index is 9.60. The smallest absolute Gasteiger partial charge is 0.0576 e. The zero-order valence-electron chi connectivity index (χ0n) is 15.2. The van der Waals surface area contributed by atoms with Gasteiger partial charge >= 0.3 is 0 Å². The van der Waals surface area contributed by atoms with Gasteiger partial charge in [-0.05, 0) is 50.4 Å². The number of aliphatic hydroxyl groups is 1. The van der Waals surface area contributed by atoms with Crippen molar-refractivity contribution >= 4 is 0 Å². The summed E-state index contributed by atoms with van der Waals surface area (Å²) in [5.41, 5.74) is 3.92. The third-order valence-electron chi connectivity index (χ3n) is 5.10. The van der Waals surface area contributed by atoms with E-state index in [-0.39, 0.29) is 12.1 Å². The number of likely N-dealkylation sites (tertiary alicyclic amines) is 1. The first kappa shape index (κ1) is 18.1. The number of hydrogen-bond donors (Lipinski definition) is 2. The van der Waals surface area contributed by atoms with Crippen molar-refractivity contribution < 1.29 is 5.11 Å². The van der Waals surface area contributed by atoms with Gasteiger partial charge in [-0.1, -0.05) is 60.2 Å². The summed E-state index contributed by atoms with van der Waals surface area (Å²) in [6, 6.07) is 19.8. The SMILES string of the molecule is Cc1ccc(C(NCCCN2CCC(O)CC2)c2ccccc2)cc1. The highest BCUT2D eigenvalue weighted by Crippen LogP contribution is 2.22. The summed E-state index contributed by atoms with van der Waals surface area (Å²) in [5, 5.41) is 13.3. The van der Waals surface area contributed by atoms with Gasteiger partial charge in [-0.2, -0.15) is 0 Å². The number of nitrogens with one attached hydrogen (secondary N) is 1. The van der Waals surface area contributed by atoms with Gasteiger partial charge in [0.25, 0.3) is 0 Å². The van der Waals surface area contributed by atoms with Crippen molar-refractivity contribution in [2.24, 2.45) is 0 Å². The molecule has 0 bridgehead atoms. The van der Waals surface area contributed by atoms with E-state index in [4.69, 9.17) is 0 Å². The molecule has 0 spiro atoms. The lowest BCUT2D eigenvalue weighted by Crippen LogP contribution is -2.37. The zero-order valence-corrected chi connectivity index (χ0v) is 15.2. The number of benzene rings is 2. The molecule has 0 aliphatic carbocycles. The average molecular weight is 338 g/mol. The van der Waals surface area contributed by atoms with E-state index >= 15 is 0 Å². The van der Waals surface area contributed by atoms with Gasteiger partial charge in [0, 0.05) is 13.1 Å². The number of piperidine rings is 1. The Kier molecular flexibility index (Phi) is 6.62. The van der Waals surface area contributed by atoms with E-state index in [2.05, 4.69) is 71.7 Å². The van der Waals surface area contributed by atoms with Crippen molar-refractivity contribution in [2.75, 3.05) is 26.2 Å². The Labute approximate surface area is 151 Å². The Bertz CT molecular complexity index is 618. The van der Waals surface area contributed by atoms with Gasteiger partial charge in [0.2, 0.25) is 0 Å². The third kappa shape index (κ3) is 5.40. The van der Waals surface area contributed by atoms with E-state index in [1.165, 1.54) is 16.7 Å². The number of hydrogen-bond acceptors (Lipinski definition) is 3. The highest BCUT2D eigenvalue weighted by molar-refractivity contribution is 5.33. The van der Waals surface area contributed by atoms with Gasteiger partial charge in [-0.15, -0.1) is 0 Å². The molecule has 134 valence electrons. The van der Waals surface area contributed by atoms with Crippen LogP contribution >= 0.6 is 0 Å². The summed E-state index contributed by atoms with van der Waals surface area (Å²) < 4.78 is 0. The van der Waals surface area contributed by atoms with Crippen LogP contribution in [0.25, 0.3) is 0 Å². The molecule has 0 amide bonds. The average Bonchev–Trinajstić information content (AvgIpc) is 2.65. The minimum Gasteiger partial charge on any atom is -0.393 e. The van der Waals surface area contributed by atoms with Gasteiger partial charge in [0.1, 0.15) is 0 Å². The van der Waals surface area contributed by atoms with E-state index in [0.29, 0.717) is 0 Å². The van der Waals surface area contributed by atoms with Crippen LogP contribution in [0, 0.1) is 6.92 Å². The summed E-state index contributed by atoms with van der Waals surface area (Å²) in [5.74, 6) is 0. The van der Waals surface area contributed by atoms with Crippen molar-refractivity contribution in [2.45, 2.75) is 38.3 Å². The molecule has 25 heavy (non-hydrogen) atoms. The molecule has 1 fully saturated rings. The lowest BCUT2D eigenvalue weighted by atomic mass is 9.97. The monoisotopic (exact) mass is 338 g/mol. The van der Waals surface area contributed by atoms with Crippen LogP contribution in [0.5, 0.6) is 0 Å². The highest BCUT2D eigenvalue weighted by Gasteiger charge is 2.17. The van der Waals surface area contributed by atoms with Crippen LogP contribution in [0.4, 0.5) is 0 Å². The van der Waals surface area contributed by atoms with Crippen molar-refractivity contribution in [1.82, 2.24) is 10.2 Å². The molecule has 2 N–H and O–H groups in total. The number of nitrogens with zero attached hydrogens (tertiary/aromatic N) is 1. The first-order chi connectivity index (χ1) is 12.2. The van der Waals surface area contributed by atoms with Crippen LogP contribution in [0.1, 0.15) is 42.0 Å². The fraction of sp³-hybridized carbons (Fsp3) is 0.455. The number of aliphatic hydroxyl groups excluding tert-OH is 1. The molecule has 3 nitrogen and oxygen atoms in total. The summed E-state index contributed by atoms with van der Waals surface area (Å²) >= 11 is 0. The summed E-state index contributed by atoms with van der Waals surface area (Å²) in [4.78, 5) is 2.47. The standard InChI is InChI=1S/C22H30N2O/c1-18-8-10-20(11-9-18)22(19-6-3-2-4-7-19)23-14-5-15-24-16-12-21(25)13-17-24/h2-4,6-11,21-23,25H,5,12-17H2,1H3. The largest absolute Gasteiger partial charge is 0.393 e. The molecule has 3 heteroatoms. The molecule has 1 unspecified atom stereocenters. The molecule has 0 radical (unpaired) electrons. The highest BCUT2D eigenvalue weighted by atomic mass is 16.3. The normalized spacial score (nSPS) is 17.5. The number of aryl methyl sites for hydroxylation is 1. The first-order valence-corrected chi connectivity index (χ1v) is 9.48. The second kappa shape index (κ2) is 9.14. The molecule has 2 aromatic carbocycles. The lowest BCUT2D eigenvalue weighted by molar-refractivity contribution is 0.0820. The molecule has 0 saturated carbocycles. The molecule has 1 atom stereocenters. The van der Waals surface area contributed by atoms with E-state index in [1.807, 2.05) is 0 Å². The van der Waals surface area contributed by atoms with Crippen molar-refractivity contribution in [3.8, 4) is 0 Å². The Hall–Kier alpha value is -1.68. The maximum Gasteiger partial charge on any atom is 0.0576 e. The molecule has 1 saturated heterocycles. The topological polar surface area (TPSA) is 35.5 Å². The fourth-order valence-electron chi connectivity index (χ4n) is 3.52. The van der Waals surface area contributed by atoms with Crippen LogP contribution in [0.15, 0.2) is 54.6 Å². The van der Waals surface area contributed by atoms with E-state index < -0.39 is 0 Å². The van der Waals surface area contributed by atoms with Crippen LogP contribution in [0.2, 0.25) is 0 Å². The van der Waals surface area contributed by atoms with Crippen molar-refractivity contribution in [1.29, 1.82) is 0 Å². The second-order valence-electron chi connectivity index (χ2n) is 7.13. The Morgan fingerprint density at radius 3 is 2.32 bits per heavy atom. The summed E-state index contributed by atoms with van der Waals surface area (Å²) in [6.45, 7) is 6.29. The molecule has 1 heterocycles. The molecule has 2 aromatic rings. The second-order valence-corrected chi connectivity index (χ2v) is 7.13. The van der Waals surface area contributed by atoms with Gasteiger partial charge in [0.15, 0.2) is 0 Å². The minimum atomic E-state index is -0.0848. The molecule has 3 rings (SSSR count). The Balaban J connectivity index is 1.56. The van der Waals surface area contributed by atoms with Crippen LogP contribution < -0.4 is 5.32 Å². The molecular weight excluding hydrogens is 308 g/mol. The fourth-order valence-corrected chi connectivity index (χ4v) is 3.52. The van der Waals surface area contributed by atoms with E-state index in [0.717, 1.165) is 45.4 Å². The summed E-state index contributed by atoms with van der Waals surface area (Å²) in [7, 11) is 0. The maximum atomic E-state index is 9.60. The molecule has 0 aromatic heterocycles. The predicted molar refractivity (Wildman–Crippen MR) is 104 cm³/mol. The molecule has 1 aliphatic rings. The van der Waals surface area contributed by atoms with Crippen LogP contribution in [0.3, 0.4) is 0 Å². The third-order valence-corrected chi connectivity index (χ3v) is 5.10. The number of rotatable bonds is 7. The van der Waals surface area contributed by atoms with Gasteiger partial charge in [-0.3, -0.25) is 0 Å². The Morgan fingerprint density at radius 1 is 1.00 bits per heavy atom. The predicted octanol–water partition coefficient (Wildman–Crippen LogP) is 3.52. The quantitative estimate of drug-likeness (QED) is 0.758. The minimum absolute atomic E-state index is 0.0848. The van der Waals surface area contributed by atoms with Crippen molar-refractivity contribution in [3.63, 3.8) is 0 Å². The van der Waals surface area contributed by atoms with Gasteiger partial charge in [0.05, 0.1) is 12.1 Å². The molecular formula is C22H30N2O. The Morgan fingerprint density at radius 2 is 1.64 bits per heavy atom. The lowest BCUT2D eigenvalue weighted by Gasteiger charge is -2.29. The van der Waals surface area contributed by atoms with Gasteiger partial charge < -0.3 is 15.3 Å². The van der Waals surface area contributed by atoms with Gasteiger partial charge in [-0.25, -0.2) is 0 Å². The van der Waals surface area contributed by atoms with E-state index in [1.54, 1.807) is 0 Å². The van der Waals surface area contributed by atoms with Crippen molar-refractivity contribution in [3.05, 3.63) is 71.3 Å². The van der Waals surface area contributed by atoms with E-state index in [9.17, 15) is 5.11 Å². The van der Waals surface area contributed by atoms with Crippen LogP contribution in [-0.4, -0.2) is 42.3 Å². The summed E-state index contributed by atoms with van der Waals surface area (Å²) in [6.07, 6.45) is 2.89. The van der Waals surface area contributed by atoms with Crippen LogP contribution in [-0.2, 0) is 0 Å². The molecule has 1 aliphatic heterocycles. The zero-order chi connectivity index (χ0) is 17.5. The first-order valence-electron chi connectivity index (χ1n) is 9.48.